The summed E-state index contributed by atoms with van der Waals surface area (Å²) in [4.78, 5) is 32.0. The molecule has 6 nitrogen and oxygen atoms in total. The highest BCUT2D eigenvalue weighted by Gasteiger charge is 2.36. The number of hydrogen-bond donors (Lipinski definition) is 0. The van der Waals surface area contributed by atoms with Crippen molar-refractivity contribution < 1.29 is 18.7 Å². The average molecular weight is 475 g/mol. The summed E-state index contributed by atoms with van der Waals surface area (Å²) in [5.41, 5.74) is 3.27. The van der Waals surface area contributed by atoms with Gasteiger partial charge in [-0.25, -0.2) is 9.79 Å². The molecule has 0 unspecified atom stereocenters. The van der Waals surface area contributed by atoms with E-state index >= 15 is 0 Å². The maximum Gasteiger partial charge on any atom is 0.337 e. The maximum absolute atomic E-state index is 13.2. The first-order valence-electron chi connectivity index (χ1n) is 11.1. The van der Waals surface area contributed by atoms with Gasteiger partial charge in [0.25, 0.3) is 5.91 Å². The number of hydrogen-bond acceptors (Lipinski definition) is 6. The minimum atomic E-state index is -0.387. The van der Waals surface area contributed by atoms with E-state index in [9.17, 15) is 9.59 Å². The number of carbonyl (C=O) groups excluding carboxylic acids is 2. The van der Waals surface area contributed by atoms with Crippen LogP contribution in [-0.2, 0) is 9.53 Å². The monoisotopic (exact) mass is 474 g/mol. The smallest absolute Gasteiger partial charge is 0.337 e. The van der Waals surface area contributed by atoms with Gasteiger partial charge in [-0.15, -0.1) is 0 Å². The van der Waals surface area contributed by atoms with Gasteiger partial charge in [0.05, 0.1) is 23.3 Å². The van der Waals surface area contributed by atoms with E-state index in [1.165, 1.54) is 18.9 Å². The molecule has 2 aromatic carbocycles. The second-order valence-electron chi connectivity index (χ2n) is 8.04. The number of nitrogens with zero attached hydrogens (tertiary/aromatic N) is 2. The zero-order valence-corrected chi connectivity index (χ0v) is 20.4. The third kappa shape index (κ3) is 4.99. The van der Waals surface area contributed by atoms with Gasteiger partial charge in [0.2, 0.25) is 0 Å². The fourth-order valence-electron chi connectivity index (χ4n) is 3.47. The number of methoxy groups -OCH3 is 1. The molecule has 0 saturated carbocycles. The van der Waals surface area contributed by atoms with Gasteiger partial charge in [-0.2, -0.15) is 0 Å². The Hall–Kier alpha value is -3.58. The summed E-state index contributed by atoms with van der Waals surface area (Å²) in [6.07, 6.45) is 2.57. The molecule has 2 heterocycles. The van der Waals surface area contributed by atoms with Crippen LogP contribution in [0.25, 0.3) is 17.4 Å². The number of amides is 1. The Morgan fingerprint density at radius 3 is 2.47 bits per heavy atom. The predicted molar refractivity (Wildman–Crippen MR) is 136 cm³/mol. The molecule has 1 aromatic heterocycles. The lowest BCUT2D eigenvalue weighted by Crippen LogP contribution is -2.36. The summed E-state index contributed by atoms with van der Waals surface area (Å²) in [7, 11) is 1.35. The SMILES string of the molecule is CC[C@H](C)N1C(=O)/C(=C\c2ccc(-c3ccc(C(=O)OC)cc3)o2)SC1=Nc1ccc(C)cc1. The predicted octanol–water partition coefficient (Wildman–Crippen LogP) is 6.44. The molecule has 1 saturated heterocycles. The molecular formula is C27H26N2O4S. The van der Waals surface area contributed by atoms with Gasteiger partial charge in [0.15, 0.2) is 5.17 Å². The quantitative estimate of drug-likeness (QED) is 0.303. The van der Waals surface area contributed by atoms with Crippen LogP contribution in [0.15, 0.2) is 75.0 Å². The van der Waals surface area contributed by atoms with E-state index in [-0.39, 0.29) is 17.9 Å². The minimum absolute atomic E-state index is 0.0237. The summed E-state index contributed by atoms with van der Waals surface area (Å²) in [6.45, 7) is 6.11. The van der Waals surface area contributed by atoms with Crippen LogP contribution in [0, 0.1) is 6.92 Å². The second-order valence-corrected chi connectivity index (χ2v) is 9.05. The summed E-state index contributed by atoms with van der Waals surface area (Å²) >= 11 is 1.35. The van der Waals surface area contributed by atoms with Crippen LogP contribution in [-0.4, -0.2) is 35.1 Å². The Balaban J connectivity index is 1.60. The third-order valence-electron chi connectivity index (χ3n) is 5.62. The first kappa shape index (κ1) is 23.6. The molecule has 0 spiro atoms. The van der Waals surface area contributed by atoms with Gasteiger partial charge in [0.1, 0.15) is 11.5 Å². The van der Waals surface area contributed by atoms with Crippen molar-refractivity contribution in [2.75, 3.05) is 7.11 Å². The lowest BCUT2D eigenvalue weighted by atomic mass is 10.1. The number of amidine groups is 1. The minimum Gasteiger partial charge on any atom is -0.465 e. The largest absolute Gasteiger partial charge is 0.465 e. The number of esters is 1. The summed E-state index contributed by atoms with van der Waals surface area (Å²) in [6, 6.07) is 18.6. The van der Waals surface area contributed by atoms with Crippen molar-refractivity contribution in [3.05, 3.63) is 82.5 Å². The van der Waals surface area contributed by atoms with Crippen molar-refractivity contribution in [2.24, 2.45) is 4.99 Å². The van der Waals surface area contributed by atoms with Crippen LogP contribution < -0.4 is 0 Å². The van der Waals surface area contributed by atoms with Crippen LogP contribution in [0.5, 0.6) is 0 Å². The number of benzene rings is 2. The molecule has 1 aliphatic rings. The van der Waals surface area contributed by atoms with Crippen molar-refractivity contribution in [2.45, 2.75) is 33.2 Å². The van der Waals surface area contributed by atoms with Crippen LogP contribution in [0.4, 0.5) is 5.69 Å². The fraction of sp³-hybridized carbons (Fsp3) is 0.222. The average Bonchev–Trinajstić information content (AvgIpc) is 3.44. The van der Waals surface area contributed by atoms with Crippen molar-refractivity contribution in [3.8, 4) is 11.3 Å². The molecule has 0 N–H and O–H groups in total. The number of rotatable bonds is 6. The highest BCUT2D eigenvalue weighted by Crippen LogP contribution is 2.36. The number of aliphatic imine (C=N–C) groups is 1. The number of ether oxygens (including phenoxy) is 1. The Morgan fingerprint density at radius 2 is 1.82 bits per heavy atom. The molecule has 7 heteroatoms. The van der Waals surface area contributed by atoms with Gasteiger partial charge in [-0.1, -0.05) is 36.8 Å². The van der Waals surface area contributed by atoms with E-state index in [0.29, 0.717) is 27.2 Å². The molecule has 34 heavy (non-hydrogen) atoms. The lowest BCUT2D eigenvalue weighted by Gasteiger charge is -2.22. The van der Waals surface area contributed by atoms with Gasteiger partial charge in [0, 0.05) is 17.7 Å². The van der Waals surface area contributed by atoms with Gasteiger partial charge in [-0.05, 0) is 68.4 Å². The van der Waals surface area contributed by atoms with E-state index in [4.69, 9.17) is 14.1 Å². The zero-order chi connectivity index (χ0) is 24.2. The number of thioether (sulfide) groups is 1. The second kappa shape index (κ2) is 10.1. The molecule has 1 aliphatic heterocycles. The van der Waals surface area contributed by atoms with Crippen LogP contribution in [0.1, 0.15) is 41.9 Å². The van der Waals surface area contributed by atoms with Crippen molar-refractivity contribution >= 4 is 40.6 Å². The molecule has 4 rings (SSSR count). The molecule has 1 amide bonds. The zero-order valence-electron chi connectivity index (χ0n) is 19.6. The normalized spacial score (nSPS) is 16.9. The molecule has 0 aliphatic carbocycles. The molecular weight excluding hydrogens is 448 g/mol. The van der Waals surface area contributed by atoms with E-state index in [2.05, 4.69) is 6.92 Å². The first-order valence-corrected chi connectivity index (χ1v) is 11.9. The lowest BCUT2D eigenvalue weighted by molar-refractivity contribution is -0.123. The number of carbonyl (C=O) groups is 2. The summed E-state index contributed by atoms with van der Waals surface area (Å²) < 4.78 is 10.7. The Kier molecular flexibility index (Phi) is 7.03. The highest BCUT2D eigenvalue weighted by molar-refractivity contribution is 8.18. The maximum atomic E-state index is 13.2. The molecule has 1 fully saturated rings. The molecule has 174 valence electrons. The Labute approximate surface area is 203 Å². The first-order chi connectivity index (χ1) is 16.4. The molecule has 0 bridgehead atoms. The van der Waals surface area contributed by atoms with Crippen molar-refractivity contribution in [1.82, 2.24) is 4.90 Å². The standard InChI is InChI=1S/C27H26N2O4S/c1-5-18(3)29-25(30)24(34-27(29)28-21-12-6-17(2)7-13-21)16-22-14-15-23(33-22)19-8-10-20(11-9-19)26(31)32-4/h6-16,18H,5H2,1-4H3/b24-16+,28-27?/t18-/m0/s1. The van der Waals surface area contributed by atoms with Gasteiger partial charge < -0.3 is 9.15 Å². The third-order valence-corrected chi connectivity index (χ3v) is 6.60. The highest BCUT2D eigenvalue weighted by atomic mass is 32.2. The van der Waals surface area contributed by atoms with Crippen LogP contribution in [0.2, 0.25) is 0 Å². The van der Waals surface area contributed by atoms with Crippen molar-refractivity contribution in [1.29, 1.82) is 0 Å². The molecule has 1 atom stereocenters. The van der Waals surface area contributed by atoms with E-state index in [0.717, 1.165) is 23.2 Å². The molecule has 0 radical (unpaired) electrons. The Morgan fingerprint density at radius 1 is 1.12 bits per heavy atom. The van der Waals surface area contributed by atoms with Crippen LogP contribution in [0.3, 0.4) is 0 Å². The van der Waals surface area contributed by atoms with E-state index < -0.39 is 0 Å². The van der Waals surface area contributed by atoms with Gasteiger partial charge in [-0.3, -0.25) is 9.69 Å². The van der Waals surface area contributed by atoms with Gasteiger partial charge >= 0.3 is 5.97 Å². The molecule has 3 aromatic rings. The Bertz CT molecular complexity index is 1260. The van der Waals surface area contributed by atoms with Crippen molar-refractivity contribution in [3.63, 3.8) is 0 Å². The van der Waals surface area contributed by atoms with E-state index in [1.807, 2.05) is 50.2 Å². The topological polar surface area (TPSA) is 72.1 Å². The number of furan rings is 1. The van der Waals surface area contributed by atoms with Crippen LogP contribution >= 0.6 is 11.8 Å². The summed E-state index contributed by atoms with van der Waals surface area (Å²) in [5, 5.41) is 0.666. The fourth-order valence-corrected chi connectivity index (χ4v) is 4.54. The number of aryl methyl sites for hydroxylation is 1. The van der Waals surface area contributed by atoms with E-state index in [1.54, 1.807) is 35.2 Å². The summed E-state index contributed by atoms with van der Waals surface area (Å²) in [5.74, 6) is 0.752.